The molecular formula is C23H27N3O2S. The van der Waals surface area contributed by atoms with Crippen LogP contribution in [0.25, 0.3) is 12.2 Å². The summed E-state index contributed by atoms with van der Waals surface area (Å²) >= 11 is 1.29. The van der Waals surface area contributed by atoms with E-state index < -0.39 is 5.41 Å². The summed E-state index contributed by atoms with van der Waals surface area (Å²) in [4.78, 5) is 27.4. The van der Waals surface area contributed by atoms with E-state index in [2.05, 4.69) is 41.3 Å². The first-order valence-electron chi connectivity index (χ1n) is 9.61. The van der Waals surface area contributed by atoms with Crippen molar-refractivity contribution < 1.29 is 4.79 Å². The van der Waals surface area contributed by atoms with Crippen LogP contribution in [0.3, 0.4) is 0 Å². The summed E-state index contributed by atoms with van der Waals surface area (Å²) in [6, 6.07) is 8.40. The van der Waals surface area contributed by atoms with Crippen LogP contribution < -0.4 is 14.8 Å². The number of H-pyrrole nitrogens is 1. The van der Waals surface area contributed by atoms with Gasteiger partial charge in [0.1, 0.15) is 0 Å². The van der Waals surface area contributed by atoms with Gasteiger partial charge in [-0.1, -0.05) is 50.6 Å². The Hall–Kier alpha value is -2.73. The zero-order valence-corrected chi connectivity index (χ0v) is 18.6. The third kappa shape index (κ3) is 4.82. The first-order valence-corrected chi connectivity index (χ1v) is 10.4. The maximum Gasteiger partial charge on any atom is 0.266 e. The Morgan fingerprint density at radius 2 is 1.83 bits per heavy atom. The molecule has 1 aromatic carbocycles. The summed E-state index contributed by atoms with van der Waals surface area (Å²) in [5.41, 5.74) is 4.57. The minimum atomic E-state index is -0.477. The van der Waals surface area contributed by atoms with Crippen molar-refractivity contribution in [3.05, 3.63) is 71.9 Å². The van der Waals surface area contributed by atoms with E-state index in [1.165, 1.54) is 28.5 Å². The summed E-state index contributed by atoms with van der Waals surface area (Å²) in [7, 11) is 0. The minimum Gasteiger partial charge on any atom is -0.313 e. The molecule has 0 radical (unpaired) electrons. The molecule has 2 heterocycles. The number of thiazole rings is 1. The van der Waals surface area contributed by atoms with Crippen LogP contribution >= 0.6 is 11.3 Å². The molecule has 29 heavy (non-hydrogen) atoms. The molecule has 3 aromatic rings. The lowest BCUT2D eigenvalue weighted by atomic mass is 9.91. The van der Waals surface area contributed by atoms with Crippen LogP contribution in [0.1, 0.15) is 48.8 Å². The molecule has 152 valence electrons. The van der Waals surface area contributed by atoms with Gasteiger partial charge in [0.05, 0.1) is 21.4 Å². The van der Waals surface area contributed by atoms with Gasteiger partial charge in [0.25, 0.3) is 5.56 Å². The highest BCUT2D eigenvalue weighted by atomic mass is 32.1. The molecule has 3 rings (SSSR count). The van der Waals surface area contributed by atoms with Gasteiger partial charge in [-0.25, -0.2) is 0 Å². The molecule has 5 nitrogen and oxygen atoms in total. The van der Waals surface area contributed by atoms with Crippen molar-refractivity contribution in [1.82, 2.24) is 14.8 Å². The zero-order chi connectivity index (χ0) is 21.3. The van der Waals surface area contributed by atoms with Gasteiger partial charge in [0.2, 0.25) is 0 Å². The molecule has 0 amide bonds. The average Bonchev–Trinajstić information content (AvgIpc) is 3.10. The number of aromatic nitrogens is 3. The maximum atomic E-state index is 12.4. The third-order valence-electron chi connectivity index (χ3n) is 4.85. The average molecular weight is 410 g/mol. The molecule has 0 aliphatic rings. The fourth-order valence-electron chi connectivity index (χ4n) is 2.93. The second-order valence-electron chi connectivity index (χ2n) is 8.42. The Bertz CT molecular complexity index is 1220. The summed E-state index contributed by atoms with van der Waals surface area (Å²) in [6.07, 6.45) is 3.38. The van der Waals surface area contributed by atoms with Gasteiger partial charge in [-0.05, 0) is 32.4 Å². The van der Waals surface area contributed by atoms with Crippen molar-refractivity contribution in [2.45, 2.75) is 48.1 Å². The second-order valence-corrected chi connectivity index (χ2v) is 9.50. The van der Waals surface area contributed by atoms with Gasteiger partial charge < -0.3 is 4.98 Å². The maximum absolute atomic E-state index is 12.4. The quantitative estimate of drug-likeness (QED) is 0.721. The molecule has 0 aliphatic heterocycles. The number of aryl methyl sites for hydroxylation is 2. The van der Waals surface area contributed by atoms with Crippen LogP contribution in [-0.2, 0) is 11.3 Å². The van der Waals surface area contributed by atoms with Gasteiger partial charge >= 0.3 is 0 Å². The Kier molecular flexibility index (Phi) is 5.75. The van der Waals surface area contributed by atoms with Crippen molar-refractivity contribution >= 4 is 29.3 Å². The van der Waals surface area contributed by atoms with Crippen LogP contribution in [0, 0.1) is 26.2 Å². The Morgan fingerprint density at radius 3 is 2.45 bits per heavy atom. The Balaban J connectivity index is 1.98. The lowest BCUT2D eigenvalue weighted by molar-refractivity contribution is -0.119. The van der Waals surface area contributed by atoms with Gasteiger partial charge in [0.15, 0.2) is 5.78 Å². The van der Waals surface area contributed by atoms with E-state index in [4.69, 9.17) is 0 Å². The van der Waals surface area contributed by atoms with Crippen molar-refractivity contribution in [2.24, 2.45) is 5.41 Å². The number of rotatable bonds is 4. The number of hydrogen-bond acceptors (Lipinski definition) is 4. The van der Waals surface area contributed by atoms with Crippen molar-refractivity contribution in [3.63, 3.8) is 0 Å². The van der Waals surface area contributed by atoms with Crippen LogP contribution in [0.5, 0.6) is 0 Å². The first-order chi connectivity index (χ1) is 13.5. The fourth-order valence-corrected chi connectivity index (χ4v) is 3.80. The van der Waals surface area contributed by atoms with E-state index in [9.17, 15) is 9.59 Å². The fraction of sp³-hybridized carbons (Fsp3) is 0.348. The molecule has 0 aliphatic carbocycles. The largest absolute Gasteiger partial charge is 0.313 e. The van der Waals surface area contributed by atoms with Gasteiger partial charge in [-0.15, -0.1) is 11.3 Å². The predicted octanol–water partition coefficient (Wildman–Crippen LogP) is 2.83. The highest BCUT2D eigenvalue weighted by Crippen LogP contribution is 2.16. The smallest absolute Gasteiger partial charge is 0.266 e. The molecular weight excluding hydrogens is 382 g/mol. The van der Waals surface area contributed by atoms with Gasteiger partial charge in [-0.2, -0.15) is 5.10 Å². The number of nitrogens with one attached hydrogen (secondary N) is 1. The number of ketones is 1. The van der Waals surface area contributed by atoms with Crippen LogP contribution in [0.2, 0.25) is 0 Å². The zero-order valence-electron chi connectivity index (χ0n) is 17.8. The van der Waals surface area contributed by atoms with Crippen LogP contribution in [0.4, 0.5) is 0 Å². The molecule has 0 saturated heterocycles. The van der Waals surface area contributed by atoms with Gasteiger partial charge in [0, 0.05) is 22.7 Å². The minimum absolute atomic E-state index is 0.0140. The van der Waals surface area contributed by atoms with E-state index in [1.807, 2.05) is 45.4 Å². The van der Waals surface area contributed by atoms with Crippen LogP contribution in [-0.4, -0.2) is 20.5 Å². The molecule has 2 aromatic heterocycles. The molecule has 0 unspecified atom stereocenters. The molecule has 0 spiro atoms. The normalized spacial score (nSPS) is 13.3. The lowest BCUT2D eigenvalue weighted by Gasteiger charge is -2.12. The predicted molar refractivity (Wildman–Crippen MR) is 119 cm³/mol. The molecule has 0 atom stereocenters. The Labute approximate surface area is 174 Å². The lowest BCUT2D eigenvalue weighted by Crippen LogP contribution is -2.22. The Morgan fingerprint density at radius 1 is 1.17 bits per heavy atom. The van der Waals surface area contributed by atoms with E-state index in [-0.39, 0.29) is 11.3 Å². The topological polar surface area (TPSA) is 67.8 Å². The van der Waals surface area contributed by atoms with Crippen LogP contribution in [0.15, 0.2) is 29.1 Å². The molecule has 6 heteroatoms. The number of Topliss-reactive ketones (excluding diaryl/α,β-unsaturated/α-hetero) is 1. The summed E-state index contributed by atoms with van der Waals surface area (Å²) in [5.74, 6) is -0.0140. The number of benzene rings is 1. The number of carbonyl (C=O) groups excluding carboxylic acids is 1. The molecule has 0 fully saturated rings. The van der Waals surface area contributed by atoms with E-state index in [0.29, 0.717) is 15.7 Å². The first kappa shape index (κ1) is 21.0. The summed E-state index contributed by atoms with van der Waals surface area (Å²) in [5, 5.41) is 4.66. The third-order valence-corrected chi connectivity index (χ3v) is 5.81. The van der Waals surface area contributed by atoms with E-state index in [1.54, 1.807) is 0 Å². The van der Waals surface area contributed by atoms with E-state index >= 15 is 0 Å². The molecule has 0 saturated carbocycles. The number of aromatic amines is 1. The molecule has 1 N–H and O–H groups in total. The van der Waals surface area contributed by atoms with Crippen molar-refractivity contribution in [3.8, 4) is 0 Å². The van der Waals surface area contributed by atoms with E-state index in [0.717, 1.165) is 17.0 Å². The summed E-state index contributed by atoms with van der Waals surface area (Å²) < 4.78 is 3.10. The number of hydrogen-bond donors (Lipinski definition) is 1. The SMILES string of the molecule is Cc1ccc(Cn2nc(C)c(C=c3sc(=CC(=O)C(C)(C)C)[nH]c3=O)c2C)cc1. The summed E-state index contributed by atoms with van der Waals surface area (Å²) in [6.45, 7) is 12.3. The highest BCUT2D eigenvalue weighted by Gasteiger charge is 2.18. The molecule has 0 bridgehead atoms. The standard InChI is InChI=1S/C23H27N3O2S/c1-14-7-9-17(10-8-14)13-26-16(3)18(15(2)25-26)11-19-22(28)24-21(29-19)12-20(27)23(4,5)6/h7-12H,13H2,1-6H3,(H,24,28). The monoisotopic (exact) mass is 409 g/mol. The second kappa shape index (κ2) is 7.95. The van der Waals surface area contributed by atoms with Crippen molar-refractivity contribution in [1.29, 1.82) is 0 Å². The number of nitrogens with zero attached hydrogens (tertiary/aromatic N) is 2. The van der Waals surface area contributed by atoms with Gasteiger partial charge in [-0.3, -0.25) is 14.3 Å². The highest BCUT2D eigenvalue weighted by molar-refractivity contribution is 7.07. The number of carbonyl (C=O) groups is 1. The van der Waals surface area contributed by atoms with Crippen molar-refractivity contribution in [2.75, 3.05) is 0 Å².